The highest BCUT2D eigenvalue weighted by Gasteiger charge is 2.44. The van der Waals surface area contributed by atoms with Crippen LogP contribution in [0.2, 0.25) is 0 Å². The molecule has 1 amide bonds. The average molecular weight is 339 g/mol. The highest BCUT2D eigenvalue weighted by Crippen LogP contribution is 2.42. The fraction of sp³-hybridized carbons (Fsp3) is 0.300. The molecule has 0 fully saturated rings. The molecule has 25 heavy (non-hydrogen) atoms. The summed E-state index contributed by atoms with van der Waals surface area (Å²) < 4.78 is 0. The molecule has 2 atom stereocenters. The summed E-state index contributed by atoms with van der Waals surface area (Å²) in [4.78, 5) is 24.4. The zero-order valence-electron chi connectivity index (χ0n) is 14.4. The normalized spacial score (nSPS) is 20.3. The average Bonchev–Trinajstić information content (AvgIpc) is 2.57. The van der Waals surface area contributed by atoms with Crippen molar-refractivity contribution >= 4 is 11.9 Å². The number of carboxylic acids is 1. The monoisotopic (exact) mass is 339 g/mol. The molecule has 130 valence electrons. The topological polar surface area (TPSA) is 77.8 Å². The van der Waals surface area contributed by atoms with Crippen LogP contribution in [0.4, 0.5) is 0 Å². The van der Waals surface area contributed by atoms with Gasteiger partial charge in [0.1, 0.15) is 12.0 Å². The number of nitrogens with zero attached hydrogens (tertiary/aromatic N) is 1. The first kappa shape index (κ1) is 17.2. The summed E-state index contributed by atoms with van der Waals surface area (Å²) in [5.74, 6) is -2.69. The number of amides is 1. The van der Waals surface area contributed by atoms with Crippen LogP contribution in [0.25, 0.3) is 0 Å². The van der Waals surface area contributed by atoms with E-state index in [0.29, 0.717) is 16.2 Å². The number of aliphatic carboxylic acids is 1. The summed E-state index contributed by atoms with van der Waals surface area (Å²) in [7, 11) is 0. The van der Waals surface area contributed by atoms with Crippen LogP contribution in [0.5, 0.6) is 0 Å². The van der Waals surface area contributed by atoms with Gasteiger partial charge in [0.15, 0.2) is 0 Å². The van der Waals surface area contributed by atoms with Gasteiger partial charge in [-0.2, -0.15) is 0 Å². The molecule has 0 bridgehead atoms. The number of rotatable bonds is 2. The van der Waals surface area contributed by atoms with E-state index < -0.39 is 23.8 Å². The molecule has 0 spiro atoms. The van der Waals surface area contributed by atoms with Gasteiger partial charge in [0.25, 0.3) is 5.91 Å². The van der Waals surface area contributed by atoms with Crippen molar-refractivity contribution in [3.8, 4) is 0 Å². The summed E-state index contributed by atoms with van der Waals surface area (Å²) in [6, 6.07) is 13.0. The van der Waals surface area contributed by atoms with Crippen molar-refractivity contribution < 1.29 is 19.9 Å². The van der Waals surface area contributed by atoms with Crippen LogP contribution in [-0.2, 0) is 10.2 Å². The van der Waals surface area contributed by atoms with E-state index in [4.69, 9.17) is 0 Å². The molecule has 0 unspecified atom stereocenters. The Hall–Kier alpha value is -2.66. The second kappa shape index (κ2) is 6.01. The molecule has 0 aromatic heterocycles. The van der Waals surface area contributed by atoms with Crippen LogP contribution in [0.1, 0.15) is 59.8 Å². The molecule has 3 rings (SSSR count). The molecule has 1 heterocycles. The summed E-state index contributed by atoms with van der Waals surface area (Å²) in [5, 5.41) is 20.7. The lowest BCUT2D eigenvalue weighted by Crippen LogP contribution is -2.43. The third kappa shape index (κ3) is 2.91. The van der Waals surface area contributed by atoms with Gasteiger partial charge in [-0.05, 0) is 28.2 Å². The second-order valence-corrected chi connectivity index (χ2v) is 7.37. The molecular formula is C20H21NO4. The van der Waals surface area contributed by atoms with Crippen molar-refractivity contribution in [1.82, 2.24) is 5.06 Å². The number of carboxylic acid groups (broad SMARTS) is 1. The van der Waals surface area contributed by atoms with E-state index in [1.807, 2.05) is 12.1 Å². The molecule has 5 heteroatoms. The van der Waals surface area contributed by atoms with Crippen molar-refractivity contribution in [3.05, 3.63) is 70.8 Å². The number of benzene rings is 2. The SMILES string of the molecule is CC(C)(C)c1ccc([C@@H]2[C@@H](C(=O)O)c3ccccc3C(=O)N2O)cc1. The van der Waals surface area contributed by atoms with E-state index in [2.05, 4.69) is 20.8 Å². The lowest BCUT2D eigenvalue weighted by molar-refractivity contribution is -0.148. The van der Waals surface area contributed by atoms with Gasteiger partial charge in [-0.3, -0.25) is 14.8 Å². The number of hydrogen-bond acceptors (Lipinski definition) is 3. The molecular weight excluding hydrogens is 318 g/mol. The maximum absolute atomic E-state index is 12.5. The van der Waals surface area contributed by atoms with Gasteiger partial charge in [0.2, 0.25) is 0 Å². The predicted molar refractivity (Wildman–Crippen MR) is 92.7 cm³/mol. The van der Waals surface area contributed by atoms with E-state index >= 15 is 0 Å². The maximum Gasteiger partial charge on any atom is 0.313 e. The van der Waals surface area contributed by atoms with Gasteiger partial charge < -0.3 is 5.11 Å². The van der Waals surface area contributed by atoms with Crippen LogP contribution in [0, 0.1) is 0 Å². The number of carbonyl (C=O) groups is 2. The highest BCUT2D eigenvalue weighted by molar-refractivity contribution is 5.99. The van der Waals surface area contributed by atoms with E-state index in [0.717, 1.165) is 5.56 Å². The smallest absolute Gasteiger partial charge is 0.313 e. The van der Waals surface area contributed by atoms with Crippen LogP contribution >= 0.6 is 0 Å². The standard InChI is InChI=1S/C20H21NO4/c1-20(2,3)13-10-8-12(9-11-13)17-16(19(23)24)14-6-4-5-7-15(14)18(22)21(17)25/h4-11,16-17,25H,1-3H3,(H,23,24)/t16-,17+/m0/s1. The minimum atomic E-state index is -1.08. The van der Waals surface area contributed by atoms with Gasteiger partial charge in [-0.15, -0.1) is 0 Å². The number of hydroxylamine groups is 2. The summed E-state index contributed by atoms with van der Waals surface area (Å²) in [6.45, 7) is 6.25. The number of hydrogen-bond donors (Lipinski definition) is 2. The molecule has 2 aromatic rings. The minimum Gasteiger partial charge on any atom is -0.481 e. The van der Waals surface area contributed by atoms with Gasteiger partial charge >= 0.3 is 5.97 Å². The molecule has 1 aliphatic heterocycles. The van der Waals surface area contributed by atoms with Crippen LogP contribution < -0.4 is 0 Å². The Morgan fingerprint density at radius 2 is 1.64 bits per heavy atom. The van der Waals surface area contributed by atoms with E-state index in [9.17, 15) is 19.9 Å². The van der Waals surface area contributed by atoms with Crippen LogP contribution in [0.15, 0.2) is 48.5 Å². The number of carbonyl (C=O) groups excluding carboxylic acids is 1. The summed E-state index contributed by atoms with van der Waals surface area (Å²) >= 11 is 0. The first-order chi connectivity index (χ1) is 11.7. The Balaban J connectivity index is 2.11. The molecule has 2 N–H and O–H groups in total. The second-order valence-electron chi connectivity index (χ2n) is 7.37. The van der Waals surface area contributed by atoms with Gasteiger partial charge in [-0.1, -0.05) is 63.2 Å². The molecule has 5 nitrogen and oxygen atoms in total. The molecule has 0 saturated heterocycles. The Kier molecular flexibility index (Phi) is 4.13. The third-order valence-corrected chi connectivity index (χ3v) is 4.70. The lowest BCUT2D eigenvalue weighted by Gasteiger charge is -2.36. The van der Waals surface area contributed by atoms with Gasteiger partial charge in [0.05, 0.1) is 0 Å². The van der Waals surface area contributed by atoms with Crippen molar-refractivity contribution in [2.24, 2.45) is 0 Å². The molecule has 0 aliphatic carbocycles. The lowest BCUT2D eigenvalue weighted by atomic mass is 9.79. The zero-order chi connectivity index (χ0) is 18.4. The van der Waals surface area contributed by atoms with Crippen LogP contribution in [-0.4, -0.2) is 27.3 Å². The van der Waals surface area contributed by atoms with Gasteiger partial charge in [-0.25, -0.2) is 5.06 Å². The highest BCUT2D eigenvalue weighted by atomic mass is 16.5. The predicted octanol–water partition coefficient (Wildman–Crippen LogP) is 3.74. The van der Waals surface area contributed by atoms with E-state index in [1.54, 1.807) is 30.3 Å². The van der Waals surface area contributed by atoms with Gasteiger partial charge in [0, 0.05) is 5.56 Å². The number of fused-ring (bicyclic) bond motifs is 1. The minimum absolute atomic E-state index is 0.0430. The molecule has 0 radical (unpaired) electrons. The van der Waals surface area contributed by atoms with Crippen molar-refractivity contribution in [2.75, 3.05) is 0 Å². The van der Waals surface area contributed by atoms with Crippen molar-refractivity contribution in [3.63, 3.8) is 0 Å². The fourth-order valence-electron chi connectivity index (χ4n) is 3.31. The fourth-order valence-corrected chi connectivity index (χ4v) is 3.31. The summed E-state index contributed by atoms with van der Waals surface area (Å²) in [6.07, 6.45) is 0. The molecule has 2 aromatic carbocycles. The first-order valence-electron chi connectivity index (χ1n) is 8.16. The third-order valence-electron chi connectivity index (χ3n) is 4.70. The quantitative estimate of drug-likeness (QED) is 0.817. The van der Waals surface area contributed by atoms with Crippen molar-refractivity contribution in [2.45, 2.75) is 38.1 Å². The Morgan fingerprint density at radius 1 is 1.04 bits per heavy atom. The Labute approximate surface area is 146 Å². The summed E-state index contributed by atoms with van der Waals surface area (Å²) in [5.41, 5.74) is 2.29. The maximum atomic E-state index is 12.5. The molecule has 0 saturated carbocycles. The Morgan fingerprint density at radius 3 is 2.20 bits per heavy atom. The van der Waals surface area contributed by atoms with E-state index in [1.165, 1.54) is 6.07 Å². The molecule has 1 aliphatic rings. The van der Waals surface area contributed by atoms with Crippen LogP contribution in [0.3, 0.4) is 0 Å². The largest absolute Gasteiger partial charge is 0.481 e. The first-order valence-corrected chi connectivity index (χ1v) is 8.16. The van der Waals surface area contributed by atoms with Crippen molar-refractivity contribution in [1.29, 1.82) is 0 Å². The van der Waals surface area contributed by atoms with E-state index in [-0.39, 0.29) is 11.0 Å². The Bertz CT molecular complexity index is 820. The zero-order valence-corrected chi connectivity index (χ0v) is 14.4.